The van der Waals surface area contributed by atoms with Crippen molar-refractivity contribution in [3.05, 3.63) is 65.0 Å². The summed E-state index contributed by atoms with van der Waals surface area (Å²) in [5, 5.41) is 8.04. The summed E-state index contributed by atoms with van der Waals surface area (Å²) in [5.41, 5.74) is 4.95. The van der Waals surface area contributed by atoms with E-state index in [0.717, 1.165) is 16.8 Å². The van der Waals surface area contributed by atoms with Gasteiger partial charge in [0.05, 0.1) is 29.5 Å². The first-order valence-corrected chi connectivity index (χ1v) is 11.3. The maximum atomic E-state index is 13.9. The summed E-state index contributed by atoms with van der Waals surface area (Å²) in [6.07, 6.45) is 1.56. The lowest BCUT2D eigenvalue weighted by molar-refractivity contribution is -0.117. The number of carbonyl (C=O) groups is 2. The fourth-order valence-corrected chi connectivity index (χ4v) is 4.04. The van der Waals surface area contributed by atoms with E-state index in [9.17, 15) is 9.59 Å². The maximum Gasteiger partial charge on any atom is 0.255 e. The van der Waals surface area contributed by atoms with Crippen LogP contribution in [-0.2, 0) is 16.6 Å². The number of methoxy groups -OCH3 is 1. The Kier molecular flexibility index (Phi) is 6.97. The van der Waals surface area contributed by atoms with Gasteiger partial charge in [0.25, 0.3) is 5.91 Å². The number of fused-ring (bicyclic) bond motifs is 1. The van der Waals surface area contributed by atoms with Gasteiger partial charge >= 0.3 is 0 Å². The van der Waals surface area contributed by atoms with Crippen molar-refractivity contribution < 1.29 is 18.7 Å². The minimum absolute atomic E-state index is 0.130. The van der Waals surface area contributed by atoms with Crippen LogP contribution in [0.25, 0.3) is 22.5 Å². The maximum absolute atomic E-state index is 13.9. The van der Waals surface area contributed by atoms with Gasteiger partial charge in [0.15, 0.2) is 11.4 Å². The Morgan fingerprint density at radius 3 is 2.69 bits per heavy atom. The number of pyridine rings is 1. The standard InChI is InChI=1S/C26H29N5O4/c1-16-8-6-9-20(17(16)2)27-23(32)15-31(11-13-34-5)26(33)19-14-21(22-10-7-12-35-22)28-25-24(19)18(3)29-30(25)4/h6-10,12,14H,11,13,15H2,1-5H3,(H,27,32). The molecule has 1 aromatic carbocycles. The van der Waals surface area contributed by atoms with E-state index in [1.165, 1.54) is 4.90 Å². The number of aryl methyl sites for hydroxylation is 3. The molecular weight excluding hydrogens is 446 g/mol. The molecule has 9 heteroatoms. The molecule has 0 aliphatic rings. The van der Waals surface area contributed by atoms with E-state index in [0.29, 0.717) is 33.7 Å². The Balaban J connectivity index is 1.70. The third-order valence-corrected chi connectivity index (χ3v) is 6.04. The predicted octanol–water partition coefficient (Wildman–Crippen LogP) is 3.88. The molecule has 0 spiro atoms. The van der Waals surface area contributed by atoms with Crippen LogP contribution in [0.3, 0.4) is 0 Å². The number of carbonyl (C=O) groups excluding carboxylic acids is 2. The van der Waals surface area contributed by atoms with E-state index in [1.54, 1.807) is 43.3 Å². The summed E-state index contributed by atoms with van der Waals surface area (Å²) in [6.45, 7) is 6.17. The van der Waals surface area contributed by atoms with Crippen molar-refractivity contribution >= 4 is 28.5 Å². The minimum atomic E-state index is -0.311. The average molecular weight is 476 g/mol. The number of amides is 2. The number of furan rings is 1. The Bertz CT molecular complexity index is 1370. The summed E-state index contributed by atoms with van der Waals surface area (Å²) in [4.78, 5) is 33.0. The molecule has 3 heterocycles. The molecule has 0 aliphatic heterocycles. The van der Waals surface area contributed by atoms with E-state index >= 15 is 0 Å². The van der Waals surface area contributed by atoms with Crippen LogP contribution in [0.1, 0.15) is 27.2 Å². The highest BCUT2D eigenvalue weighted by Gasteiger charge is 2.25. The van der Waals surface area contributed by atoms with Gasteiger partial charge in [-0.3, -0.25) is 14.3 Å². The van der Waals surface area contributed by atoms with Gasteiger partial charge in [0.2, 0.25) is 5.91 Å². The number of rotatable bonds is 8. The molecule has 1 N–H and O–H groups in total. The number of hydrogen-bond donors (Lipinski definition) is 1. The Morgan fingerprint density at radius 1 is 1.17 bits per heavy atom. The summed E-state index contributed by atoms with van der Waals surface area (Å²) >= 11 is 0. The Hall–Kier alpha value is -3.98. The molecule has 0 fully saturated rings. The van der Waals surface area contributed by atoms with Crippen LogP contribution >= 0.6 is 0 Å². The zero-order chi connectivity index (χ0) is 25.1. The number of anilines is 1. The molecule has 0 saturated carbocycles. The highest BCUT2D eigenvalue weighted by Crippen LogP contribution is 2.28. The second kappa shape index (κ2) is 10.1. The van der Waals surface area contributed by atoms with Crippen LogP contribution in [-0.4, -0.2) is 58.3 Å². The summed E-state index contributed by atoms with van der Waals surface area (Å²) < 4.78 is 12.4. The van der Waals surface area contributed by atoms with E-state index < -0.39 is 0 Å². The van der Waals surface area contributed by atoms with Gasteiger partial charge in [-0.15, -0.1) is 0 Å². The van der Waals surface area contributed by atoms with Gasteiger partial charge in [-0.2, -0.15) is 5.10 Å². The van der Waals surface area contributed by atoms with Crippen LogP contribution in [0.2, 0.25) is 0 Å². The van der Waals surface area contributed by atoms with Crippen LogP contribution in [0, 0.1) is 20.8 Å². The zero-order valence-corrected chi connectivity index (χ0v) is 20.6. The molecule has 0 aliphatic carbocycles. The van der Waals surface area contributed by atoms with E-state index in [4.69, 9.17) is 9.15 Å². The fraction of sp³-hybridized carbons (Fsp3) is 0.308. The smallest absolute Gasteiger partial charge is 0.255 e. The molecule has 0 bridgehead atoms. The summed E-state index contributed by atoms with van der Waals surface area (Å²) in [5.74, 6) is -0.0620. The van der Waals surface area contributed by atoms with Crippen molar-refractivity contribution in [3.8, 4) is 11.5 Å². The van der Waals surface area contributed by atoms with Gasteiger partial charge in [0, 0.05) is 26.4 Å². The van der Waals surface area contributed by atoms with Gasteiger partial charge in [0.1, 0.15) is 12.2 Å². The SMILES string of the molecule is COCCN(CC(=O)Nc1cccc(C)c1C)C(=O)c1cc(-c2ccco2)nc2c1c(C)nn2C. The number of hydrogen-bond acceptors (Lipinski definition) is 6. The monoisotopic (exact) mass is 475 g/mol. The lowest BCUT2D eigenvalue weighted by atomic mass is 10.1. The van der Waals surface area contributed by atoms with Crippen molar-refractivity contribution in [2.45, 2.75) is 20.8 Å². The van der Waals surface area contributed by atoms with Crippen LogP contribution in [0.5, 0.6) is 0 Å². The largest absolute Gasteiger partial charge is 0.463 e. The first-order chi connectivity index (χ1) is 16.8. The van der Waals surface area contributed by atoms with Gasteiger partial charge in [-0.1, -0.05) is 12.1 Å². The molecule has 4 aromatic rings. The van der Waals surface area contributed by atoms with Gasteiger partial charge < -0.3 is 19.4 Å². The predicted molar refractivity (Wildman–Crippen MR) is 133 cm³/mol. The molecule has 0 saturated heterocycles. The molecule has 4 rings (SSSR count). The Morgan fingerprint density at radius 2 is 1.97 bits per heavy atom. The highest BCUT2D eigenvalue weighted by molar-refractivity contribution is 6.08. The average Bonchev–Trinajstić information content (AvgIpc) is 3.47. The molecule has 3 aromatic heterocycles. The lowest BCUT2D eigenvalue weighted by Gasteiger charge is -2.23. The molecule has 0 unspecified atom stereocenters. The fourth-order valence-electron chi connectivity index (χ4n) is 4.04. The van der Waals surface area contributed by atoms with Crippen LogP contribution in [0.15, 0.2) is 47.1 Å². The molecule has 9 nitrogen and oxygen atoms in total. The van der Waals surface area contributed by atoms with Gasteiger partial charge in [-0.25, -0.2) is 4.98 Å². The third-order valence-electron chi connectivity index (χ3n) is 6.04. The quantitative estimate of drug-likeness (QED) is 0.415. The minimum Gasteiger partial charge on any atom is -0.463 e. The van der Waals surface area contributed by atoms with E-state index in [2.05, 4.69) is 15.4 Å². The van der Waals surface area contributed by atoms with E-state index in [-0.39, 0.29) is 31.5 Å². The molecule has 2 amide bonds. The number of nitrogens with zero attached hydrogens (tertiary/aromatic N) is 4. The number of benzene rings is 1. The van der Waals surface area contributed by atoms with Crippen molar-refractivity contribution in [1.29, 1.82) is 0 Å². The number of nitrogens with one attached hydrogen (secondary N) is 1. The normalized spacial score (nSPS) is 11.1. The van der Waals surface area contributed by atoms with Crippen molar-refractivity contribution in [3.63, 3.8) is 0 Å². The summed E-state index contributed by atoms with van der Waals surface area (Å²) in [7, 11) is 3.34. The van der Waals surface area contributed by atoms with Crippen LogP contribution in [0.4, 0.5) is 5.69 Å². The van der Waals surface area contributed by atoms with E-state index in [1.807, 2.05) is 39.0 Å². The number of aromatic nitrogens is 3. The number of ether oxygens (including phenoxy) is 1. The third kappa shape index (κ3) is 4.95. The highest BCUT2D eigenvalue weighted by atomic mass is 16.5. The molecule has 0 atom stereocenters. The second-order valence-electron chi connectivity index (χ2n) is 8.46. The molecule has 182 valence electrons. The topological polar surface area (TPSA) is 102 Å². The van der Waals surface area contributed by atoms with Crippen molar-refractivity contribution in [1.82, 2.24) is 19.7 Å². The molecule has 35 heavy (non-hydrogen) atoms. The second-order valence-corrected chi connectivity index (χ2v) is 8.46. The Labute approximate surface area is 203 Å². The van der Waals surface area contributed by atoms with Gasteiger partial charge in [-0.05, 0) is 56.2 Å². The zero-order valence-electron chi connectivity index (χ0n) is 20.6. The lowest BCUT2D eigenvalue weighted by Crippen LogP contribution is -2.40. The van der Waals surface area contributed by atoms with Crippen molar-refractivity contribution in [2.24, 2.45) is 7.05 Å². The first kappa shape index (κ1) is 24.2. The van der Waals surface area contributed by atoms with Crippen LogP contribution < -0.4 is 5.32 Å². The first-order valence-electron chi connectivity index (χ1n) is 11.3. The molecular formula is C26H29N5O4. The summed E-state index contributed by atoms with van der Waals surface area (Å²) in [6, 6.07) is 11.0. The van der Waals surface area contributed by atoms with Crippen molar-refractivity contribution in [2.75, 3.05) is 32.1 Å². The molecule has 0 radical (unpaired) electrons.